The van der Waals surface area contributed by atoms with E-state index in [1.165, 1.54) is 0 Å². The lowest BCUT2D eigenvalue weighted by Crippen LogP contribution is -2.47. The van der Waals surface area contributed by atoms with Crippen molar-refractivity contribution in [2.24, 2.45) is 11.8 Å². The van der Waals surface area contributed by atoms with Crippen LogP contribution in [0.2, 0.25) is 0 Å². The minimum absolute atomic E-state index is 0.0576. The molecule has 1 aromatic rings. The fourth-order valence-electron chi connectivity index (χ4n) is 2.37. The molecule has 1 heterocycles. The molecule has 1 aromatic carbocycles. The first-order chi connectivity index (χ1) is 8.56. The van der Waals surface area contributed by atoms with Crippen molar-refractivity contribution in [3.8, 4) is 5.75 Å². The second kappa shape index (κ2) is 5.11. The molecular weight excluding hydrogens is 226 g/mol. The number of rotatable bonds is 4. The van der Waals surface area contributed by atoms with Gasteiger partial charge in [0.1, 0.15) is 5.75 Å². The Morgan fingerprint density at radius 1 is 1.39 bits per heavy atom. The van der Waals surface area contributed by atoms with Crippen molar-refractivity contribution in [1.82, 2.24) is 5.32 Å². The van der Waals surface area contributed by atoms with Crippen LogP contribution >= 0.6 is 0 Å². The molecular formula is C15H21NO2. The van der Waals surface area contributed by atoms with Gasteiger partial charge in [-0.3, -0.25) is 4.79 Å². The predicted octanol–water partition coefficient (Wildman–Crippen LogP) is 2.35. The Hall–Kier alpha value is -1.35. The summed E-state index contributed by atoms with van der Waals surface area (Å²) in [5.74, 6) is 1.45. The highest BCUT2D eigenvalue weighted by atomic mass is 16.5. The molecule has 0 amide bonds. The highest BCUT2D eigenvalue weighted by Crippen LogP contribution is 2.30. The standard InChI is InChI=1S/C15H21NO2/c1-9-5-6-13(15(18-4)10(9)2)14(17)11(3)12-7-16-8-12/h5-6,11-12,16H,7-8H2,1-4H3. The number of hydrogen-bond acceptors (Lipinski definition) is 3. The summed E-state index contributed by atoms with van der Waals surface area (Å²) in [6, 6.07) is 3.89. The van der Waals surface area contributed by atoms with Crippen LogP contribution in [-0.4, -0.2) is 26.0 Å². The Morgan fingerprint density at radius 2 is 2.06 bits per heavy atom. The average molecular weight is 247 g/mol. The van der Waals surface area contributed by atoms with Gasteiger partial charge in [-0.15, -0.1) is 0 Å². The van der Waals surface area contributed by atoms with Gasteiger partial charge >= 0.3 is 0 Å². The van der Waals surface area contributed by atoms with E-state index in [4.69, 9.17) is 4.74 Å². The molecule has 0 spiro atoms. The summed E-state index contributed by atoms with van der Waals surface area (Å²) in [6.07, 6.45) is 0. The van der Waals surface area contributed by atoms with E-state index in [2.05, 4.69) is 5.32 Å². The molecule has 18 heavy (non-hydrogen) atoms. The van der Waals surface area contributed by atoms with Gasteiger partial charge in [-0.05, 0) is 50.0 Å². The van der Waals surface area contributed by atoms with Crippen LogP contribution in [0, 0.1) is 25.7 Å². The van der Waals surface area contributed by atoms with Gasteiger partial charge in [0, 0.05) is 5.92 Å². The lowest BCUT2D eigenvalue weighted by Gasteiger charge is -2.32. The Labute approximate surface area is 109 Å². The highest BCUT2D eigenvalue weighted by molar-refractivity contribution is 6.00. The summed E-state index contributed by atoms with van der Waals surface area (Å²) in [5.41, 5.74) is 2.93. The molecule has 2 rings (SSSR count). The summed E-state index contributed by atoms with van der Waals surface area (Å²) in [6.45, 7) is 7.94. The number of carbonyl (C=O) groups is 1. The first kappa shape index (κ1) is 13.1. The number of nitrogens with one attached hydrogen (secondary N) is 1. The quantitative estimate of drug-likeness (QED) is 0.830. The van der Waals surface area contributed by atoms with Crippen LogP contribution in [0.3, 0.4) is 0 Å². The molecule has 1 aliphatic rings. The van der Waals surface area contributed by atoms with Gasteiger partial charge in [-0.2, -0.15) is 0 Å². The predicted molar refractivity (Wildman–Crippen MR) is 72.3 cm³/mol. The van der Waals surface area contributed by atoms with Crippen molar-refractivity contribution in [3.05, 3.63) is 28.8 Å². The third kappa shape index (κ3) is 2.15. The Bertz CT molecular complexity index is 464. The largest absolute Gasteiger partial charge is 0.496 e. The molecule has 0 bridgehead atoms. The Balaban J connectivity index is 2.32. The minimum atomic E-state index is 0.0576. The maximum Gasteiger partial charge on any atom is 0.169 e. The molecule has 0 saturated carbocycles. The van der Waals surface area contributed by atoms with E-state index in [1.807, 2.05) is 32.9 Å². The zero-order valence-electron chi connectivity index (χ0n) is 11.5. The fraction of sp³-hybridized carbons (Fsp3) is 0.533. The minimum Gasteiger partial charge on any atom is -0.496 e. The van der Waals surface area contributed by atoms with Crippen LogP contribution in [0.15, 0.2) is 12.1 Å². The van der Waals surface area contributed by atoms with E-state index in [0.29, 0.717) is 5.92 Å². The Morgan fingerprint density at radius 3 is 2.56 bits per heavy atom. The third-order valence-corrected chi connectivity index (χ3v) is 4.08. The number of hydrogen-bond donors (Lipinski definition) is 1. The molecule has 0 radical (unpaired) electrons. The fourth-order valence-corrected chi connectivity index (χ4v) is 2.37. The lowest BCUT2D eigenvalue weighted by molar-refractivity contribution is 0.0850. The van der Waals surface area contributed by atoms with Crippen molar-refractivity contribution in [2.45, 2.75) is 20.8 Å². The monoisotopic (exact) mass is 247 g/mol. The van der Waals surface area contributed by atoms with Gasteiger partial charge in [-0.25, -0.2) is 0 Å². The summed E-state index contributed by atoms with van der Waals surface area (Å²) in [5, 5.41) is 3.21. The van der Waals surface area contributed by atoms with E-state index < -0.39 is 0 Å². The van der Waals surface area contributed by atoms with E-state index in [0.717, 1.165) is 35.5 Å². The second-order valence-corrected chi connectivity index (χ2v) is 5.16. The number of aryl methyl sites for hydroxylation is 1. The normalized spacial score (nSPS) is 17.1. The molecule has 1 atom stereocenters. The van der Waals surface area contributed by atoms with Crippen LogP contribution in [0.4, 0.5) is 0 Å². The zero-order chi connectivity index (χ0) is 13.3. The smallest absolute Gasteiger partial charge is 0.169 e. The molecule has 0 aromatic heterocycles. The van der Waals surface area contributed by atoms with E-state index >= 15 is 0 Å². The number of methoxy groups -OCH3 is 1. The first-order valence-corrected chi connectivity index (χ1v) is 6.45. The van der Waals surface area contributed by atoms with Crippen LogP contribution in [0.25, 0.3) is 0 Å². The lowest BCUT2D eigenvalue weighted by atomic mass is 9.83. The molecule has 3 heteroatoms. The van der Waals surface area contributed by atoms with Gasteiger partial charge in [-0.1, -0.05) is 13.0 Å². The molecule has 0 aliphatic carbocycles. The second-order valence-electron chi connectivity index (χ2n) is 5.16. The first-order valence-electron chi connectivity index (χ1n) is 6.45. The number of ketones is 1. The molecule has 3 nitrogen and oxygen atoms in total. The number of ether oxygens (including phenoxy) is 1. The molecule has 1 saturated heterocycles. The summed E-state index contributed by atoms with van der Waals surface area (Å²) < 4.78 is 5.42. The van der Waals surface area contributed by atoms with Gasteiger partial charge in [0.05, 0.1) is 12.7 Å². The number of Topliss-reactive ketones (excluding diaryl/α,β-unsaturated/α-hetero) is 1. The zero-order valence-corrected chi connectivity index (χ0v) is 11.5. The van der Waals surface area contributed by atoms with Crippen molar-refractivity contribution in [2.75, 3.05) is 20.2 Å². The summed E-state index contributed by atoms with van der Waals surface area (Å²) in [7, 11) is 1.63. The molecule has 1 N–H and O–H groups in total. The van der Waals surface area contributed by atoms with Crippen molar-refractivity contribution >= 4 is 5.78 Å². The molecule has 1 unspecified atom stereocenters. The van der Waals surface area contributed by atoms with Gasteiger partial charge in [0.15, 0.2) is 5.78 Å². The summed E-state index contributed by atoms with van der Waals surface area (Å²) in [4.78, 5) is 12.5. The van der Waals surface area contributed by atoms with Crippen molar-refractivity contribution < 1.29 is 9.53 Å². The highest BCUT2D eigenvalue weighted by Gasteiger charge is 2.31. The van der Waals surface area contributed by atoms with Gasteiger partial charge < -0.3 is 10.1 Å². The van der Waals surface area contributed by atoms with Crippen molar-refractivity contribution in [1.29, 1.82) is 0 Å². The summed E-state index contributed by atoms with van der Waals surface area (Å²) >= 11 is 0. The number of benzene rings is 1. The SMILES string of the molecule is COc1c(C(=O)C(C)C2CNC2)ccc(C)c1C. The maximum absolute atomic E-state index is 12.5. The molecule has 1 fully saturated rings. The van der Waals surface area contributed by atoms with Crippen LogP contribution in [0.5, 0.6) is 5.75 Å². The molecule has 1 aliphatic heterocycles. The molecule has 98 valence electrons. The number of carbonyl (C=O) groups excluding carboxylic acids is 1. The average Bonchev–Trinajstić information content (AvgIpc) is 2.29. The Kier molecular flexibility index (Phi) is 3.71. The topological polar surface area (TPSA) is 38.3 Å². The van der Waals surface area contributed by atoms with Gasteiger partial charge in [0.25, 0.3) is 0 Å². The van der Waals surface area contributed by atoms with E-state index in [9.17, 15) is 4.79 Å². The van der Waals surface area contributed by atoms with Crippen LogP contribution in [-0.2, 0) is 0 Å². The van der Waals surface area contributed by atoms with E-state index in [1.54, 1.807) is 7.11 Å². The third-order valence-electron chi connectivity index (χ3n) is 4.08. The van der Waals surface area contributed by atoms with Crippen LogP contribution in [0.1, 0.15) is 28.4 Å². The van der Waals surface area contributed by atoms with Crippen LogP contribution < -0.4 is 10.1 Å². The van der Waals surface area contributed by atoms with E-state index in [-0.39, 0.29) is 11.7 Å². The maximum atomic E-state index is 12.5. The van der Waals surface area contributed by atoms with Gasteiger partial charge in [0.2, 0.25) is 0 Å². The van der Waals surface area contributed by atoms with Crippen molar-refractivity contribution in [3.63, 3.8) is 0 Å².